The van der Waals surface area contributed by atoms with Gasteiger partial charge in [-0.15, -0.1) is 0 Å². The summed E-state index contributed by atoms with van der Waals surface area (Å²) in [7, 11) is 0. The van der Waals surface area contributed by atoms with Crippen LogP contribution in [-0.4, -0.2) is 22.2 Å². The summed E-state index contributed by atoms with van der Waals surface area (Å²) in [5.41, 5.74) is 0. The van der Waals surface area contributed by atoms with Crippen molar-refractivity contribution in [2.24, 2.45) is 11.8 Å². The summed E-state index contributed by atoms with van der Waals surface area (Å²) in [5.74, 6) is -2.22. The Kier molecular flexibility index (Phi) is 5.22. The van der Waals surface area contributed by atoms with Crippen LogP contribution < -0.4 is 0 Å². The van der Waals surface area contributed by atoms with Crippen LogP contribution in [0.4, 0.5) is 0 Å². The molecule has 5 heteroatoms. The van der Waals surface area contributed by atoms with Crippen molar-refractivity contribution in [2.75, 3.05) is 0 Å². The number of aliphatic carboxylic acids is 2. The van der Waals surface area contributed by atoms with Gasteiger partial charge in [-0.25, -0.2) is 0 Å². The van der Waals surface area contributed by atoms with Crippen LogP contribution >= 0.6 is 0 Å². The van der Waals surface area contributed by atoms with Crippen LogP contribution in [0.2, 0.25) is 0 Å². The van der Waals surface area contributed by atoms with Crippen molar-refractivity contribution < 1.29 is 40.9 Å². The van der Waals surface area contributed by atoms with Crippen LogP contribution in [-0.2, 0) is 30.7 Å². The van der Waals surface area contributed by atoms with E-state index in [1.54, 1.807) is 0 Å². The maximum Gasteiger partial charge on any atom is 0.306 e. The number of rotatable bonds is 2. The fraction of sp³-hybridized carbons (Fsp3) is 0.750. The van der Waals surface area contributed by atoms with Crippen LogP contribution in [0.25, 0.3) is 0 Å². The number of carbonyl (C=O) groups is 2. The molecule has 0 aromatic heterocycles. The summed E-state index contributed by atoms with van der Waals surface area (Å²) >= 11 is 0. The molecule has 0 heterocycles. The van der Waals surface area contributed by atoms with E-state index in [0.29, 0.717) is 25.7 Å². The first-order valence-corrected chi connectivity index (χ1v) is 4.07. The van der Waals surface area contributed by atoms with E-state index in [2.05, 4.69) is 0 Å². The number of carboxylic acid groups (broad SMARTS) is 2. The Morgan fingerprint density at radius 3 is 1.23 bits per heavy atom. The summed E-state index contributed by atoms with van der Waals surface area (Å²) < 4.78 is 0. The third-order valence-corrected chi connectivity index (χ3v) is 2.43. The molecule has 1 aliphatic rings. The van der Waals surface area contributed by atoms with E-state index in [1.807, 2.05) is 0 Å². The third kappa shape index (κ3) is 3.47. The van der Waals surface area contributed by atoms with Gasteiger partial charge in [0.05, 0.1) is 11.8 Å². The average Bonchev–Trinajstić information content (AvgIpc) is 2.04. The van der Waals surface area contributed by atoms with E-state index < -0.39 is 11.9 Å². The molecule has 0 atom stereocenters. The molecule has 74 valence electrons. The molecule has 0 aromatic carbocycles. The van der Waals surface area contributed by atoms with Crippen LogP contribution in [0.1, 0.15) is 25.7 Å². The van der Waals surface area contributed by atoms with Crippen molar-refractivity contribution in [3.63, 3.8) is 0 Å². The van der Waals surface area contributed by atoms with Crippen molar-refractivity contribution in [3.8, 4) is 0 Å². The number of hydrogen-bond acceptors (Lipinski definition) is 2. The van der Waals surface area contributed by atoms with Gasteiger partial charge in [0.1, 0.15) is 0 Å². The van der Waals surface area contributed by atoms with Gasteiger partial charge in [0.15, 0.2) is 0 Å². The smallest absolute Gasteiger partial charge is 0.306 e. The van der Waals surface area contributed by atoms with Gasteiger partial charge in [-0.2, -0.15) is 0 Å². The first kappa shape index (κ1) is 12.6. The van der Waals surface area contributed by atoms with Crippen molar-refractivity contribution in [3.05, 3.63) is 0 Å². The molecule has 1 rings (SSSR count). The maximum atomic E-state index is 10.5. The third-order valence-electron chi connectivity index (χ3n) is 2.43. The Bertz CT molecular complexity index is 174. The molecule has 4 nitrogen and oxygen atoms in total. The summed E-state index contributed by atoms with van der Waals surface area (Å²) in [6.07, 6.45) is 2.03. The molecule has 1 saturated carbocycles. The van der Waals surface area contributed by atoms with E-state index in [1.165, 1.54) is 0 Å². The van der Waals surface area contributed by atoms with Crippen molar-refractivity contribution in [1.29, 1.82) is 0 Å². The van der Waals surface area contributed by atoms with Crippen molar-refractivity contribution >= 4 is 11.9 Å². The second-order valence-electron chi connectivity index (χ2n) is 3.23. The summed E-state index contributed by atoms with van der Waals surface area (Å²) in [5, 5.41) is 17.2. The summed E-state index contributed by atoms with van der Waals surface area (Å²) in [4.78, 5) is 21.0. The van der Waals surface area contributed by atoms with Crippen LogP contribution in [0.5, 0.6) is 0 Å². The molecule has 1 fully saturated rings. The predicted octanol–water partition coefficient (Wildman–Crippen LogP) is 0.959. The van der Waals surface area contributed by atoms with Crippen molar-refractivity contribution in [1.82, 2.24) is 0 Å². The quantitative estimate of drug-likeness (QED) is 0.773. The fourth-order valence-corrected chi connectivity index (χ4v) is 1.59. The molecule has 13 heavy (non-hydrogen) atoms. The van der Waals surface area contributed by atoms with Gasteiger partial charge in [0.2, 0.25) is 0 Å². The minimum Gasteiger partial charge on any atom is -0.481 e. The van der Waals surface area contributed by atoms with Gasteiger partial charge in [-0.3, -0.25) is 9.59 Å². The van der Waals surface area contributed by atoms with E-state index in [0.717, 1.165) is 0 Å². The molecule has 0 bridgehead atoms. The second kappa shape index (κ2) is 5.38. The summed E-state index contributed by atoms with van der Waals surface area (Å²) in [6, 6.07) is 0. The molecular weight excluding hydrogens is 344 g/mol. The Morgan fingerprint density at radius 1 is 0.846 bits per heavy atom. The minimum absolute atomic E-state index is 0. The Hall–Kier alpha value is -0.372. The number of carboxylic acids is 2. The van der Waals surface area contributed by atoms with E-state index in [9.17, 15) is 9.59 Å². The van der Waals surface area contributed by atoms with E-state index >= 15 is 0 Å². The number of hydrogen-bond donors (Lipinski definition) is 2. The Labute approximate surface area is 90.6 Å². The van der Waals surface area contributed by atoms with Crippen LogP contribution in [0, 0.1) is 11.8 Å². The summed E-state index contributed by atoms with van der Waals surface area (Å²) in [6.45, 7) is 0. The Morgan fingerprint density at radius 2 is 1.08 bits per heavy atom. The maximum absolute atomic E-state index is 10.5. The molecule has 0 aromatic rings. The zero-order chi connectivity index (χ0) is 9.14. The molecule has 0 amide bonds. The molecule has 1 aliphatic carbocycles. The van der Waals surface area contributed by atoms with E-state index in [-0.39, 0.29) is 32.9 Å². The van der Waals surface area contributed by atoms with Gasteiger partial charge >= 0.3 is 11.9 Å². The molecule has 0 radical (unpaired) electrons. The molecule has 0 spiro atoms. The van der Waals surface area contributed by atoms with Gasteiger partial charge in [-0.1, -0.05) is 0 Å². The zero-order valence-corrected chi connectivity index (χ0v) is 10.0. The first-order valence-electron chi connectivity index (χ1n) is 4.07. The fourth-order valence-electron chi connectivity index (χ4n) is 1.59. The van der Waals surface area contributed by atoms with Gasteiger partial charge < -0.3 is 10.2 Å². The average molecular weight is 356 g/mol. The normalized spacial score (nSPS) is 27.4. The van der Waals surface area contributed by atoms with Gasteiger partial charge in [-0.05, 0) is 25.7 Å². The molecule has 0 saturated heterocycles. The van der Waals surface area contributed by atoms with Gasteiger partial charge in [0.25, 0.3) is 0 Å². The largest absolute Gasteiger partial charge is 0.481 e. The molecule has 0 unspecified atom stereocenters. The minimum atomic E-state index is -0.793. The second-order valence-corrected chi connectivity index (χ2v) is 3.23. The van der Waals surface area contributed by atoms with E-state index in [4.69, 9.17) is 10.2 Å². The SMILES string of the molecule is O=C(O)C1CCC(C(=O)O)CC1.[W]. The van der Waals surface area contributed by atoms with Crippen LogP contribution in [0.3, 0.4) is 0 Å². The molecule has 0 aliphatic heterocycles. The monoisotopic (exact) mass is 356 g/mol. The van der Waals surface area contributed by atoms with Gasteiger partial charge in [0, 0.05) is 21.1 Å². The Balaban J connectivity index is 0.00000144. The predicted molar refractivity (Wildman–Crippen MR) is 40.7 cm³/mol. The van der Waals surface area contributed by atoms with Crippen LogP contribution in [0.15, 0.2) is 0 Å². The molecule has 2 N–H and O–H groups in total. The topological polar surface area (TPSA) is 74.6 Å². The standard InChI is InChI=1S/C8H12O4.W/c9-7(10)5-1-2-6(4-3-5)8(11)12;/h5-6H,1-4H2,(H,9,10)(H,11,12);. The van der Waals surface area contributed by atoms with Crippen molar-refractivity contribution in [2.45, 2.75) is 25.7 Å². The zero-order valence-electron chi connectivity index (χ0n) is 7.10. The first-order chi connectivity index (χ1) is 5.61. The molecular formula is C8H12O4W.